The molecular formula is C25H24F3NO8S. The predicted molar refractivity (Wildman–Crippen MR) is 134 cm³/mol. The lowest BCUT2D eigenvalue weighted by atomic mass is 10.1. The average molecular weight is 556 g/mol. The second-order valence-electron chi connectivity index (χ2n) is 7.54. The molecule has 0 aromatic heterocycles. The lowest BCUT2D eigenvalue weighted by molar-refractivity contribution is -0.274. The van der Waals surface area contributed by atoms with Gasteiger partial charge >= 0.3 is 6.36 Å². The van der Waals surface area contributed by atoms with Gasteiger partial charge in [0.05, 0.1) is 39.0 Å². The first-order valence-corrected chi connectivity index (χ1v) is 12.2. The lowest BCUT2D eigenvalue weighted by Gasteiger charge is -2.15. The summed E-state index contributed by atoms with van der Waals surface area (Å²) in [5, 5.41) is 10.4. The van der Waals surface area contributed by atoms with Gasteiger partial charge in [-0.05, 0) is 47.5 Å². The first-order valence-electron chi connectivity index (χ1n) is 10.7. The second kappa shape index (κ2) is 11.4. The van der Waals surface area contributed by atoms with Gasteiger partial charge in [0.2, 0.25) is 5.75 Å². The Kier molecular flexibility index (Phi) is 8.51. The molecule has 38 heavy (non-hydrogen) atoms. The number of methoxy groups -OCH3 is 4. The summed E-state index contributed by atoms with van der Waals surface area (Å²) in [4.78, 5) is -0.501. The molecule has 204 valence electrons. The first-order chi connectivity index (χ1) is 17.9. The van der Waals surface area contributed by atoms with Crippen molar-refractivity contribution in [2.75, 3.05) is 33.2 Å². The lowest BCUT2D eigenvalue weighted by Crippen LogP contribution is -2.18. The number of rotatable bonds is 10. The van der Waals surface area contributed by atoms with E-state index in [2.05, 4.69) is 9.46 Å². The minimum atomic E-state index is -5.00. The van der Waals surface area contributed by atoms with Crippen LogP contribution in [-0.2, 0) is 10.0 Å². The largest absolute Gasteiger partial charge is 0.573 e. The van der Waals surface area contributed by atoms with Crippen LogP contribution in [0.1, 0.15) is 11.1 Å². The highest BCUT2D eigenvalue weighted by molar-refractivity contribution is 7.92. The van der Waals surface area contributed by atoms with Crippen molar-refractivity contribution < 1.29 is 50.4 Å². The Morgan fingerprint density at radius 1 is 0.816 bits per heavy atom. The molecular weight excluding hydrogens is 531 g/mol. The van der Waals surface area contributed by atoms with Crippen LogP contribution in [0.2, 0.25) is 0 Å². The number of hydrogen-bond donors (Lipinski definition) is 2. The second-order valence-corrected chi connectivity index (χ2v) is 9.22. The summed E-state index contributed by atoms with van der Waals surface area (Å²) in [6, 6.07) is 9.95. The van der Waals surface area contributed by atoms with E-state index in [-0.39, 0.29) is 17.2 Å². The quantitative estimate of drug-likeness (QED) is 0.325. The molecule has 0 radical (unpaired) electrons. The summed E-state index contributed by atoms with van der Waals surface area (Å²) >= 11 is 0. The summed E-state index contributed by atoms with van der Waals surface area (Å²) in [7, 11) is 1.21. The van der Waals surface area contributed by atoms with Gasteiger partial charge in [-0.1, -0.05) is 18.2 Å². The Hall–Kier alpha value is -4.26. The zero-order valence-corrected chi connectivity index (χ0v) is 21.4. The fourth-order valence-electron chi connectivity index (χ4n) is 3.45. The molecule has 0 aliphatic carbocycles. The van der Waals surface area contributed by atoms with Crippen molar-refractivity contribution in [1.29, 1.82) is 0 Å². The minimum absolute atomic E-state index is 0.154. The zero-order chi connectivity index (χ0) is 28.1. The van der Waals surface area contributed by atoms with Crippen LogP contribution >= 0.6 is 0 Å². The number of aromatic hydroxyl groups is 1. The maximum absolute atomic E-state index is 12.9. The van der Waals surface area contributed by atoms with Crippen molar-refractivity contribution in [3.63, 3.8) is 0 Å². The summed E-state index contributed by atoms with van der Waals surface area (Å²) in [6.07, 6.45) is -1.76. The van der Waals surface area contributed by atoms with E-state index in [1.807, 2.05) is 0 Å². The zero-order valence-electron chi connectivity index (χ0n) is 20.6. The average Bonchev–Trinajstić information content (AvgIpc) is 2.85. The maximum Gasteiger partial charge on any atom is 0.573 e. The monoisotopic (exact) mass is 555 g/mol. The van der Waals surface area contributed by atoms with E-state index in [1.165, 1.54) is 40.6 Å². The number of hydrogen-bond acceptors (Lipinski definition) is 8. The number of phenols is 1. The number of benzene rings is 3. The molecule has 3 aromatic rings. The third kappa shape index (κ3) is 6.73. The van der Waals surface area contributed by atoms with Gasteiger partial charge in [-0.15, -0.1) is 13.2 Å². The Morgan fingerprint density at radius 3 is 1.92 bits per heavy atom. The van der Waals surface area contributed by atoms with E-state index < -0.39 is 27.0 Å². The number of halogens is 3. The summed E-state index contributed by atoms with van der Waals surface area (Å²) in [6.45, 7) is 0. The third-order valence-corrected chi connectivity index (χ3v) is 6.41. The van der Waals surface area contributed by atoms with Crippen LogP contribution in [0.25, 0.3) is 12.2 Å². The Bertz CT molecular complexity index is 1410. The molecule has 3 aromatic carbocycles. The van der Waals surface area contributed by atoms with Gasteiger partial charge in [0.15, 0.2) is 23.0 Å². The van der Waals surface area contributed by atoms with Gasteiger partial charge in [-0.25, -0.2) is 8.42 Å². The Morgan fingerprint density at radius 2 is 1.39 bits per heavy atom. The molecule has 0 aliphatic rings. The van der Waals surface area contributed by atoms with Gasteiger partial charge in [0.25, 0.3) is 10.0 Å². The molecule has 2 N–H and O–H groups in total. The summed E-state index contributed by atoms with van der Waals surface area (Å²) in [5.41, 5.74) is 0.849. The van der Waals surface area contributed by atoms with Crippen LogP contribution < -0.4 is 28.4 Å². The molecule has 0 spiro atoms. The van der Waals surface area contributed by atoms with Gasteiger partial charge in [-0.2, -0.15) is 0 Å². The SMILES string of the molecule is COc1cc(/C=C\c2cc(O)c(OC)c(NS(=O)(=O)c3cccc(OC(F)(F)F)c3)c2)cc(OC)c1OC. The number of phenolic OH excluding ortho intramolecular Hbond substituents is 1. The van der Waals surface area contributed by atoms with Gasteiger partial charge in [-0.3, -0.25) is 4.72 Å². The van der Waals surface area contributed by atoms with E-state index in [0.29, 0.717) is 28.4 Å². The molecule has 0 saturated carbocycles. The molecule has 0 fully saturated rings. The molecule has 0 bridgehead atoms. The minimum Gasteiger partial charge on any atom is -0.504 e. The van der Waals surface area contributed by atoms with Crippen LogP contribution in [-0.4, -0.2) is 48.3 Å². The summed E-state index contributed by atoms with van der Waals surface area (Å²) in [5.74, 6) is -0.0658. The molecule has 0 unspecified atom stereocenters. The molecule has 0 atom stereocenters. The van der Waals surface area contributed by atoms with Gasteiger partial charge < -0.3 is 28.8 Å². The van der Waals surface area contributed by atoms with Crippen LogP contribution in [0.5, 0.6) is 34.5 Å². The van der Waals surface area contributed by atoms with Crippen LogP contribution in [0.3, 0.4) is 0 Å². The van der Waals surface area contributed by atoms with Crippen molar-refractivity contribution in [2.24, 2.45) is 0 Å². The standard InChI is InChI=1S/C25H24F3NO8S/c1-33-21-12-16(13-22(34-2)24(21)36-4)9-8-15-10-19(23(35-3)20(30)11-15)29-38(31,32)18-7-5-6-17(14-18)37-25(26,27)28/h5-14,29-30H,1-4H3/b9-8-. The van der Waals surface area contributed by atoms with E-state index in [1.54, 1.807) is 24.3 Å². The molecule has 0 aliphatic heterocycles. The highest BCUT2D eigenvalue weighted by Gasteiger charge is 2.31. The number of ether oxygens (including phenoxy) is 5. The van der Waals surface area contributed by atoms with Crippen molar-refractivity contribution in [1.82, 2.24) is 0 Å². The smallest absolute Gasteiger partial charge is 0.504 e. The van der Waals surface area contributed by atoms with Crippen molar-refractivity contribution in [3.8, 4) is 34.5 Å². The van der Waals surface area contributed by atoms with E-state index in [9.17, 15) is 26.7 Å². The topological polar surface area (TPSA) is 113 Å². The van der Waals surface area contributed by atoms with Crippen molar-refractivity contribution >= 4 is 27.9 Å². The Labute approximate surface area is 217 Å². The number of nitrogens with one attached hydrogen (secondary N) is 1. The molecule has 13 heteroatoms. The molecule has 9 nitrogen and oxygen atoms in total. The molecule has 0 heterocycles. The van der Waals surface area contributed by atoms with Crippen LogP contribution in [0.4, 0.5) is 18.9 Å². The maximum atomic E-state index is 12.9. The highest BCUT2D eigenvalue weighted by Crippen LogP contribution is 2.40. The van der Waals surface area contributed by atoms with Crippen molar-refractivity contribution in [3.05, 3.63) is 59.7 Å². The molecule has 3 rings (SSSR count). The highest BCUT2D eigenvalue weighted by atomic mass is 32.2. The van der Waals surface area contributed by atoms with E-state index in [4.69, 9.17) is 18.9 Å². The van der Waals surface area contributed by atoms with Crippen LogP contribution in [0.15, 0.2) is 53.4 Å². The normalized spacial score (nSPS) is 11.8. The fraction of sp³-hybridized carbons (Fsp3) is 0.200. The first kappa shape index (κ1) is 28.3. The number of alkyl halides is 3. The predicted octanol–water partition coefficient (Wildman–Crippen LogP) is 5.30. The van der Waals surface area contributed by atoms with Crippen molar-refractivity contribution in [2.45, 2.75) is 11.3 Å². The van der Waals surface area contributed by atoms with Crippen LogP contribution in [0, 0.1) is 0 Å². The number of anilines is 1. The third-order valence-electron chi connectivity index (χ3n) is 5.04. The van der Waals surface area contributed by atoms with E-state index in [0.717, 1.165) is 24.3 Å². The fourth-order valence-corrected chi connectivity index (χ4v) is 4.54. The molecule has 0 amide bonds. The summed E-state index contributed by atoms with van der Waals surface area (Å²) < 4.78 is 90.7. The van der Waals surface area contributed by atoms with E-state index >= 15 is 0 Å². The molecule has 0 saturated heterocycles. The van der Waals surface area contributed by atoms with Gasteiger partial charge in [0.1, 0.15) is 5.75 Å². The Balaban J connectivity index is 1.97. The number of sulfonamides is 1. The van der Waals surface area contributed by atoms with Gasteiger partial charge in [0, 0.05) is 6.07 Å².